The lowest BCUT2D eigenvalue weighted by Gasteiger charge is -2.34. The normalized spacial score (nSPS) is 18.7. The van der Waals surface area contributed by atoms with Crippen molar-refractivity contribution in [1.29, 1.82) is 5.41 Å². The van der Waals surface area contributed by atoms with E-state index < -0.39 is 0 Å². The second-order valence-electron chi connectivity index (χ2n) is 8.14. The predicted molar refractivity (Wildman–Crippen MR) is 121 cm³/mol. The molecule has 162 valence electrons. The van der Waals surface area contributed by atoms with Crippen LogP contribution in [0.4, 0.5) is 5.82 Å². The lowest BCUT2D eigenvalue weighted by molar-refractivity contribution is -0.146. The number of carbonyl (C=O) groups excluding carboxylic acids is 1. The van der Waals surface area contributed by atoms with Gasteiger partial charge in [0.1, 0.15) is 23.0 Å². The smallest absolute Gasteiger partial charge is 0.308 e. The summed E-state index contributed by atoms with van der Waals surface area (Å²) in [6, 6.07) is 11.8. The van der Waals surface area contributed by atoms with Crippen molar-refractivity contribution in [3.8, 4) is 11.4 Å². The number of nitrogens with one attached hydrogen (secondary N) is 1. The average Bonchev–Trinajstić information content (AvgIpc) is 3.14. The fraction of sp³-hybridized carbons (Fsp3) is 0.391. The topological polar surface area (TPSA) is 110 Å². The van der Waals surface area contributed by atoms with Gasteiger partial charge in [-0.05, 0) is 37.8 Å². The van der Waals surface area contributed by atoms with E-state index in [1.54, 1.807) is 0 Å². The van der Waals surface area contributed by atoms with Crippen molar-refractivity contribution in [2.24, 2.45) is 18.7 Å². The highest BCUT2D eigenvalue weighted by atomic mass is 16.5. The Morgan fingerprint density at radius 1 is 1.13 bits per heavy atom. The first-order valence-corrected chi connectivity index (χ1v) is 10.5. The van der Waals surface area contributed by atoms with Gasteiger partial charge in [-0.1, -0.05) is 24.3 Å². The van der Waals surface area contributed by atoms with Gasteiger partial charge >= 0.3 is 5.97 Å². The van der Waals surface area contributed by atoms with Gasteiger partial charge in [-0.15, -0.1) is 0 Å². The van der Waals surface area contributed by atoms with Crippen LogP contribution in [-0.2, 0) is 16.6 Å². The Hall–Kier alpha value is -3.42. The zero-order chi connectivity index (χ0) is 22.1. The Kier molecular flexibility index (Phi) is 5.63. The number of amidine groups is 1. The highest BCUT2D eigenvalue weighted by Crippen LogP contribution is 2.31. The second-order valence-corrected chi connectivity index (χ2v) is 8.14. The van der Waals surface area contributed by atoms with Crippen molar-refractivity contribution in [1.82, 2.24) is 14.5 Å². The molecule has 0 atom stereocenters. The van der Waals surface area contributed by atoms with Crippen LogP contribution < -0.4 is 10.6 Å². The number of imidazole rings is 1. The fourth-order valence-electron chi connectivity index (χ4n) is 4.36. The number of hydrogen-bond donors (Lipinski definition) is 2. The number of fused-ring (bicyclic) bond motifs is 1. The Labute approximate surface area is 181 Å². The number of pyridine rings is 1. The molecule has 8 nitrogen and oxygen atoms in total. The summed E-state index contributed by atoms with van der Waals surface area (Å²) in [5.41, 5.74) is 8.84. The molecule has 1 aliphatic rings. The summed E-state index contributed by atoms with van der Waals surface area (Å²) in [6.07, 6.45) is 3.57. The van der Waals surface area contributed by atoms with E-state index >= 15 is 0 Å². The second kappa shape index (κ2) is 8.37. The third-order valence-electron chi connectivity index (χ3n) is 6.30. The Morgan fingerprint density at radius 2 is 1.81 bits per heavy atom. The molecule has 1 aliphatic carbocycles. The molecule has 0 amide bonds. The van der Waals surface area contributed by atoms with Crippen LogP contribution in [0.3, 0.4) is 0 Å². The minimum Gasteiger partial charge on any atom is -0.469 e. The standard InChI is InChI=1S/C23H28N6O2/c1-28(17-10-8-16(9-11-17)23(30)31-3)19-13-12-18-22(27-19)29(2)21(26-18)15-6-4-14(5-7-15)20(24)25/h4-7,12-13,16-17H,8-11H2,1-3H3,(H3,24,25). The van der Waals surface area contributed by atoms with Crippen LogP contribution in [0.2, 0.25) is 0 Å². The van der Waals surface area contributed by atoms with Crippen molar-refractivity contribution < 1.29 is 9.53 Å². The number of aromatic nitrogens is 3. The van der Waals surface area contributed by atoms with Crippen molar-refractivity contribution >= 4 is 28.8 Å². The summed E-state index contributed by atoms with van der Waals surface area (Å²) >= 11 is 0. The maximum Gasteiger partial charge on any atom is 0.308 e. The highest BCUT2D eigenvalue weighted by molar-refractivity contribution is 5.95. The van der Waals surface area contributed by atoms with E-state index in [0.717, 1.165) is 54.1 Å². The number of hydrogen-bond acceptors (Lipinski definition) is 6. The first kappa shape index (κ1) is 20.8. The van der Waals surface area contributed by atoms with E-state index in [1.807, 2.05) is 48.0 Å². The zero-order valence-electron chi connectivity index (χ0n) is 18.1. The molecule has 0 radical (unpaired) electrons. The predicted octanol–water partition coefficient (Wildman–Crippen LogP) is 3.09. The summed E-state index contributed by atoms with van der Waals surface area (Å²) in [6.45, 7) is 0. The Bertz CT molecular complexity index is 1110. The van der Waals surface area contributed by atoms with Crippen molar-refractivity contribution in [3.05, 3.63) is 42.0 Å². The quantitative estimate of drug-likeness (QED) is 0.373. The molecule has 0 bridgehead atoms. The summed E-state index contributed by atoms with van der Waals surface area (Å²) in [5.74, 6) is 1.68. The average molecular weight is 421 g/mol. The molecule has 2 heterocycles. The van der Waals surface area contributed by atoms with Gasteiger partial charge < -0.3 is 19.9 Å². The summed E-state index contributed by atoms with van der Waals surface area (Å²) < 4.78 is 6.89. The molecule has 0 unspecified atom stereocenters. The van der Waals surface area contributed by atoms with Gasteiger partial charge in [-0.3, -0.25) is 10.2 Å². The minimum absolute atomic E-state index is 0.0131. The van der Waals surface area contributed by atoms with Crippen LogP contribution in [-0.4, -0.2) is 46.5 Å². The number of nitrogens with two attached hydrogens (primary N) is 1. The molecule has 0 spiro atoms. The van der Waals surface area contributed by atoms with Gasteiger partial charge in [0.25, 0.3) is 0 Å². The summed E-state index contributed by atoms with van der Waals surface area (Å²) in [7, 11) is 5.48. The molecule has 2 aromatic heterocycles. The van der Waals surface area contributed by atoms with Crippen molar-refractivity contribution in [2.75, 3.05) is 19.1 Å². The highest BCUT2D eigenvalue weighted by Gasteiger charge is 2.29. The van der Waals surface area contributed by atoms with Crippen molar-refractivity contribution in [3.63, 3.8) is 0 Å². The molecule has 3 N–H and O–H groups in total. The number of ether oxygens (including phenoxy) is 1. The number of nitrogen functional groups attached to an aromatic ring is 1. The third kappa shape index (κ3) is 3.97. The third-order valence-corrected chi connectivity index (χ3v) is 6.30. The molecule has 1 saturated carbocycles. The van der Waals surface area contributed by atoms with Gasteiger partial charge in [0.15, 0.2) is 5.65 Å². The van der Waals surface area contributed by atoms with Gasteiger partial charge in [0, 0.05) is 31.3 Å². The number of rotatable bonds is 5. The number of esters is 1. The Balaban J connectivity index is 1.56. The summed E-state index contributed by atoms with van der Waals surface area (Å²) in [5, 5.41) is 7.55. The van der Waals surface area contributed by atoms with Gasteiger partial charge in [0.05, 0.1) is 13.0 Å². The van der Waals surface area contributed by atoms with Gasteiger partial charge in [0.2, 0.25) is 0 Å². The lowest BCUT2D eigenvalue weighted by atomic mass is 9.85. The van der Waals surface area contributed by atoms with E-state index in [4.69, 9.17) is 25.8 Å². The number of carbonyl (C=O) groups is 1. The first-order valence-electron chi connectivity index (χ1n) is 10.5. The lowest BCUT2D eigenvalue weighted by Crippen LogP contribution is -2.37. The van der Waals surface area contributed by atoms with Crippen LogP contribution >= 0.6 is 0 Å². The van der Waals surface area contributed by atoms with E-state index in [9.17, 15) is 4.79 Å². The van der Waals surface area contributed by atoms with Crippen LogP contribution in [0.5, 0.6) is 0 Å². The SMILES string of the molecule is COC(=O)C1CCC(N(C)c2ccc3nc(-c4ccc(C(=N)N)cc4)n(C)c3n2)CC1. The molecule has 4 rings (SSSR count). The van der Waals surface area contributed by atoms with E-state index in [-0.39, 0.29) is 17.7 Å². The molecule has 0 aliphatic heterocycles. The number of anilines is 1. The maximum absolute atomic E-state index is 11.8. The van der Waals surface area contributed by atoms with Crippen molar-refractivity contribution in [2.45, 2.75) is 31.7 Å². The number of aryl methyl sites for hydroxylation is 1. The van der Waals surface area contributed by atoms with Crippen LogP contribution in [0.15, 0.2) is 36.4 Å². The monoisotopic (exact) mass is 420 g/mol. The minimum atomic E-state index is -0.0978. The van der Waals surface area contributed by atoms with Gasteiger partial charge in [-0.25, -0.2) is 9.97 Å². The van der Waals surface area contributed by atoms with Crippen LogP contribution in [0, 0.1) is 11.3 Å². The van der Waals surface area contributed by atoms with Crippen LogP contribution in [0.1, 0.15) is 31.2 Å². The van der Waals surface area contributed by atoms with Crippen LogP contribution in [0.25, 0.3) is 22.6 Å². The Morgan fingerprint density at radius 3 is 2.42 bits per heavy atom. The largest absolute Gasteiger partial charge is 0.469 e. The molecule has 3 aromatic rings. The molecule has 1 aromatic carbocycles. The molecule has 1 fully saturated rings. The maximum atomic E-state index is 11.8. The molecule has 8 heteroatoms. The number of benzene rings is 1. The van der Waals surface area contributed by atoms with E-state index in [0.29, 0.717) is 11.6 Å². The number of methoxy groups -OCH3 is 1. The molecule has 31 heavy (non-hydrogen) atoms. The van der Waals surface area contributed by atoms with E-state index in [1.165, 1.54) is 7.11 Å². The zero-order valence-corrected chi connectivity index (χ0v) is 18.1. The molecule has 0 saturated heterocycles. The molecular formula is C23H28N6O2. The van der Waals surface area contributed by atoms with E-state index in [2.05, 4.69) is 11.9 Å². The first-order chi connectivity index (χ1) is 14.9. The number of nitrogens with zero attached hydrogens (tertiary/aromatic N) is 4. The summed E-state index contributed by atoms with van der Waals surface area (Å²) in [4.78, 5) is 23.7. The fourth-order valence-corrected chi connectivity index (χ4v) is 4.36. The van der Waals surface area contributed by atoms with Gasteiger partial charge in [-0.2, -0.15) is 0 Å². The molecular weight excluding hydrogens is 392 g/mol.